The summed E-state index contributed by atoms with van der Waals surface area (Å²) in [4.78, 5) is 20.7. The summed E-state index contributed by atoms with van der Waals surface area (Å²) in [7, 11) is 3.21. The van der Waals surface area contributed by atoms with Crippen LogP contribution in [0.15, 0.2) is 48.5 Å². The number of morpholine rings is 1. The largest absolute Gasteiger partial charge is 0.493 e. The molecule has 2 aromatic carbocycles. The fourth-order valence-electron chi connectivity index (χ4n) is 4.49. The molecule has 7 heteroatoms. The number of aromatic nitrogens is 1. The molecule has 0 bridgehead atoms. The van der Waals surface area contributed by atoms with Crippen LogP contribution in [-0.4, -0.2) is 68.9 Å². The Hall–Kier alpha value is -3.16. The third kappa shape index (κ3) is 5.16. The second-order valence-corrected chi connectivity index (χ2v) is 8.81. The first-order valence-corrected chi connectivity index (χ1v) is 11.7. The van der Waals surface area contributed by atoms with Crippen LogP contribution in [0.25, 0.3) is 22.2 Å². The molecule has 4 rings (SSSR count). The number of nitrogens with one attached hydrogen (secondary N) is 1. The van der Waals surface area contributed by atoms with Gasteiger partial charge in [0.05, 0.1) is 44.2 Å². The van der Waals surface area contributed by atoms with Crippen LogP contribution in [0.3, 0.4) is 0 Å². The zero-order chi connectivity index (χ0) is 24.1. The van der Waals surface area contributed by atoms with Gasteiger partial charge in [0.1, 0.15) is 0 Å². The molecule has 1 atom stereocenters. The molecule has 3 aromatic rings. The van der Waals surface area contributed by atoms with Gasteiger partial charge in [-0.3, -0.25) is 9.69 Å². The summed E-state index contributed by atoms with van der Waals surface area (Å²) >= 11 is 0. The van der Waals surface area contributed by atoms with E-state index in [0.717, 1.165) is 42.8 Å². The number of carbonyl (C=O) groups is 1. The van der Waals surface area contributed by atoms with Gasteiger partial charge in [-0.2, -0.15) is 0 Å². The minimum atomic E-state index is -0.0979. The maximum atomic E-state index is 13.4. The van der Waals surface area contributed by atoms with Crippen LogP contribution in [0, 0.1) is 5.92 Å². The highest BCUT2D eigenvalue weighted by Gasteiger charge is 2.25. The smallest absolute Gasteiger partial charge is 0.252 e. The summed E-state index contributed by atoms with van der Waals surface area (Å²) in [6.45, 7) is 8.23. The van der Waals surface area contributed by atoms with Crippen molar-refractivity contribution in [1.82, 2.24) is 15.2 Å². The monoisotopic (exact) mass is 463 g/mol. The first kappa shape index (κ1) is 24.0. The number of methoxy groups -OCH3 is 2. The van der Waals surface area contributed by atoms with E-state index in [9.17, 15) is 4.79 Å². The molecular formula is C27H33N3O4. The molecule has 7 nitrogen and oxygen atoms in total. The van der Waals surface area contributed by atoms with Gasteiger partial charge >= 0.3 is 0 Å². The number of pyridine rings is 1. The summed E-state index contributed by atoms with van der Waals surface area (Å²) in [5.41, 5.74) is 2.94. The van der Waals surface area contributed by atoms with Crippen molar-refractivity contribution >= 4 is 16.8 Å². The molecule has 1 N–H and O–H groups in total. The SMILES string of the molecule is COc1ccc(-c2cc(C(=O)NC[C@@H](C(C)C)N3CCOCC3)c3ccccc3n2)cc1OC. The molecule has 0 aliphatic carbocycles. The fraction of sp³-hybridized carbons (Fsp3) is 0.407. The van der Waals surface area contributed by atoms with Crippen molar-refractivity contribution in [3.63, 3.8) is 0 Å². The van der Waals surface area contributed by atoms with Gasteiger partial charge in [0.15, 0.2) is 11.5 Å². The molecule has 1 fully saturated rings. The number of amides is 1. The lowest BCUT2D eigenvalue weighted by Crippen LogP contribution is -2.51. The second-order valence-electron chi connectivity index (χ2n) is 8.81. The van der Waals surface area contributed by atoms with Crippen molar-refractivity contribution in [2.45, 2.75) is 19.9 Å². The predicted octanol–water partition coefficient (Wildman–Crippen LogP) is 4.01. The Kier molecular flexibility index (Phi) is 7.65. The van der Waals surface area contributed by atoms with Crippen LogP contribution in [0.5, 0.6) is 11.5 Å². The lowest BCUT2D eigenvalue weighted by atomic mass is 10.0. The predicted molar refractivity (Wildman–Crippen MR) is 134 cm³/mol. The number of rotatable bonds is 8. The summed E-state index contributed by atoms with van der Waals surface area (Å²) in [5.74, 6) is 1.58. The van der Waals surface area contributed by atoms with E-state index in [2.05, 4.69) is 24.1 Å². The maximum absolute atomic E-state index is 13.4. The summed E-state index contributed by atoms with van der Waals surface area (Å²) in [6.07, 6.45) is 0. The minimum absolute atomic E-state index is 0.0979. The van der Waals surface area contributed by atoms with Gasteiger partial charge in [-0.05, 0) is 36.2 Å². The Morgan fingerprint density at radius 1 is 1.06 bits per heavy atom. The molecule has 0 saturated carbocycles. The molecule has 2 heterocycles. The Morgan fingerprint density at radius 2 is 1.79 bits per heavy atom. The highest BCUT2D eigenvalue weighted by atomic mass is 16.5. The van der Waals surface area contributed by atoms with E-state index in [1.165, 1.54) is 0 Å². The number of para-hydroxylation sites is 1. The average molecular weight is 464 g/mol. The third-order valence-corrected chi connectivity index (χ3v) is 6.40. The molecule has 0 spiro atoms. The maximum Gasteiger partial charge on any atom is 0.252 e. The van der Waals surface area contributed by atoms with Gasteiger partial charge in [0, 0.05) is 36.6 Å². The van der Waals surface area contributed by atoms with Gasteiger partial charge in [-0.25, -0.2) is 4.98 Å². The third-order valence-electron chi connectivity index (χ3n) is 6.40. The highest BCUT2D eigenvalue weighted by molar-refractivity contribution is 6.07. The van der Waals surface area contributed by atoms with E-state index in [-0.39, 0.29) is 11.9 Å². The molecule has 0 unspecified atom stereocenters. The van der Waals surface area contributed by atoms with Crippen molar-refractivity contribution in [3.8, 4) is 22.8 Å². The number of nitrogens with zero attached hydrogens (tertiary/aromatic N) is 2. The Balaban J connectivity index is 1.64. The first-order valence-electron chi connectivity index (χ1n) is 11.7. The molecule has 34 heavy (non-hydrogen) atoms. The zero-order valence-electron chi connectivity index (χ0n) is 20.3. The first-order chi connectivity index (χ1) is 16.5. The van der Waals surface area contributed by atoms with Crippen LogP contribution in [-0.2, 0) is 4.74 Å². The molecule has 1 aliphatic rings. The van der Waals surface area contributed by atoms with Crippen molar-refractivity contribution in [2.75, 3.05) is 47.1 Å². The van der Waals surface area contributed by atoms with Gasteiger partial charge in [0.25, 0.3) is 5.91 Å². The number of hydrogen-bond acceptors (Lipinski definition) is 6. The van der Waals surface area contributed by atoms with Crippen molar-refractivity contribution in [1.29, 1.82) is 0 Å². The lowest BCUT2D eigenvalue weighted by Gasteiger charge is -2.37. The molecule has 1 aromatic heterocycles. The van der Waals surface area contributed by atoms with Gasteiger partial charge in [0.2, 0.25) is 0 Å². The van der Waals surface area contributed by atoms with E-state index in [0.29, 0.717) is 35.2 Å². The van der Waals surface area contributed by atoms with Crippen LogP contribution < -0.4 is 14.8 Å². The van der Waals surface area contributed by atoms with E-state index in [1.807, 2.05) is 48.5 Å². The average Bonchev–Trinajstić information content (AvgIpc) is 2.88. The van der Waals surface area contributed by atoms with E-state index in [1.54, 1.807) is 14.2 Å². The van der Waals surface area contributed by atoms with Crippen molar-refractivity contribution in [3.05, 3.63) is 54.1 Å². The Bertz CT molecular complexity index is 1140. The number of benzene rings is 2. The number of fused-ring (bicyclic) bond motifs is 1. The van der Waals surface area contributed by atoms with E-state index < -0.39 is 0 Å². The van der Waals surface area contributed by atoms with Gasteiger partial charge in [-0.1, -0.05) is 32.0 Å². The highest BCUT2D eigenvalue weighted by Crippen LogP contribution is 2.33. The minimum Gasteiger partial charge on any atom is -0.493 e. The second kappa shape index (κ2) is 10.8. The topological polar surface area (TPSA) is 72.9 Å². The molecular weight excluding hydrogens is 430 g/mol. The summed E-state index contributed by atoms with van der Waals surface area (Å²) in [5, 5.41) is 4.03. The van der Waals surface area contributed by atoms with Crippen molar-refractivity contribution < 1.29 is 19.0 Å². The normalized spacial score (nSPS) is 15.3. The van der Waals surface area contributed by atoms with Crippen LogP contribution in [0.1, 0.15) is 24.2 Å². The Labute approximate surface area is 201 Å². The van der Waals surface area contributed by atoms with E-state index in [4.69, 9.17) is 19.2 Å². The quantitative estimate of drug-likeness (QED) is 0.544. The number of carbonyl (C=O) groups excluding carboxylic acids is 1. The molecule has 1 aliphatic heterocycles. The zero-order valence-corrected chi connectivity index (χ0v) is 20.3. The van der Waals surface area contributed by atoms with Crippen LogP contribution in [0.4, 0.5) is 0 Å². The van der Waals surface area contributed by atoms with Gasteiger partial charge in [-0.15, -0.1) is 0 Å². The Morgan fingerprint density at radius 3 is 2.50 bits per heavy atom. The molecule has 1 amide bonds. The summed E-state index contributed by atoms with van der Waals surface area (Å²) < 4.78 is 16.3. The molecule has 0 radical (unpaired) electrons. The summed E-state index contributed by atoms with van der Waals surface area (Å²) in [6, 6.07) is 15.5. The molecule has 180 valence electrons. The number of ether oxygens (including phenoxy) is 3. The van der Waals surface area contributed by atoms with Crippen molar-refractivity contribution in [2.24, 2.45) is 5.92 Å². The lowest BCUT2D eigenvalue weighted by molar-refractivity contribution is 0.00673. The fourth-order valence-corrected chi connectivity index (χ4v) is 4.49. The number of hydrogen-bond donors (Lipinski definition) is 1. The van der Waals surface area contributed by atoms with E-state index >= 15 is 0 Å². The van der Waals surface area contributed by atoms with Gasteiger partial charge < -0.3 is 19.5 Å². The molecule has 1 saturated heterocycles. The van der Waals surface area contributed by atoms with Crippen LogP contribution in [0.2, 0.25) is 0 Å². The van der Waals surface area contributed by atoms with Crippen LogP contribution >= 0.6 is 0 Å². The standard InChI is InChI=1S/C27H33N3O4/c1-18(2)24(30-11-13-34-14-12-30)17-28-27(31)21-16-23(29-22-8-6-5-7-20(21)22)19-9-10-25(32-3)26(15-19)33-4/h5-10,15-16,18,24H,11-14,17H2,1-4H3,(H,28,31)/t24-/m0/s1.